The highest BCUT2D eigenvalue weighted by Crippen LogP contribution is 2.30. The predicted molar refractivity (Wildman–Crippen MR) is 107 cm³/mol. The van der Waals surface area contributed by atoms with Crippen LogP contribution in [0.2, 0.25) is 0 Å². The first-order valence-electron chi connectivity index (χ1n) is 9.12. The molecule has 0 atom stereocenters. The van der Waals surface area contributed by atoms with E-state index in [1.54, 1.807) is 18.3 Å². The molecule has 27 heavy (non-hydrogen) atoms. The van der Waals surface area contributed by atoms with E-state index in [1.165, 1.54) is 24.0 Å². The second kappa shape index (κ2) is 7.84. The first-order chi connectivity index (χ1) is 13.2. The van der Waals surface area contributed by atoms with E-state index < -0.39 is 0 Å². The van der Waals surface area contributed by atoms with E-state index in [0.717, 1.165) is 35.9 Å². The molecule has 0 radical (unpaired) electrons. The van der Waals surface area contributed by atoms with Crippen LogP contribution in [0, 0.1) is 5.92 Å². The van der Waals surface area contributed by atoms with E-state index in [1.807, 2.05) is 18.2 Å². The van der Waals surface area contributed by atoms with Crippen molar-refractivity contribution < 1.29 is 9.59 Å². The molecule has 2 N–H and O–H groups in total. The van der Waals surface area contributed by atoms with E-state index >= 15 is 0 Å². The number of benzene rings is 1. The van der Waals surface area contributed by atoms with Crippen molar-refractivity contribution in [2.24, 2.45) is 5.92 Å². The lowest BCUT2D eigenvalue weighted by Gasteiger charge is -2.19. The first kappa shape index (κ1) is 17.6. The van der Waals surface area contributed by atoms with Crippen LogP contribution in [-0.4, -0.2) is 21.8 Å². The summed E-state index contributed by atoms with van der Waals surface area (Å²) in [5.74, 6) is -0.0533. The Morgan fingerprint density at radius 1 is 1.07 bits per heavy atom. The van der Waals surface area contributed by atoms with Gasteiger partial charge >= 0.3 is 0 Å². The third-order valence-corrected chi connectivity index (χ3v) is 5.73. The summed E-state index contributed by atoms with van der Waals surface area (Å²) >= 11 is 1.45. The van der Waals surface area contributed by atoms with Crippen LogP contribution in [0.4, 0.5) is 10.8 Å². The molecule has 2 amide bonds. The molecular weight excluding hydrogens is 360 g/mol. The van der Waals surface area contributed by atoms with Crippen LogP contribution in [0.1, 0.15) is 42.5 Å². The minimum absolute atomic E-state index is 0.0684. The zero-order valence-electron chi connectivity index (χ0n) is 14.8. The number of pyridine rings is 1. The van der Waals surface area contributed by atoms with Crippen LogP contribution < -0.4 is 10.6 Å². The molecule has 1 saturated carbocycles. The molecule has 1 aromatic carbocycles. The molecule has 0 spiro atoms. The van der Waals surface area contributed by atoms with Crippen LogP contribution in [0.15, 0.2) is 42.7 Å². The van der Waals surface area contributed by atoms with Gasteiger partial charge in [0.1, 0.15) is 0 Å². The van der Waals surface area contributed by atoms with Crippen LogP contribution >= 0.6 is 11.3 Å². The lowest BCUT2D eigenvalue weighted by atomic mass is 9.89. The van der Waals surface area contributed by atoms with Crippen molar-refractivity contribution in [1.82, 2.24) is 9.97 Å². The maximum absolute atomic E-state index is 12.4. The molecule has 0 saturated heterocycles. The average molecular weight is 380 g/mol. The number of hydrogen-bond acceptors (Lipinski definition) is 5. The number of rotatable bonds is 4. The molecule has 2 heterocycles. The van der Waals surface area contributed by atoms with E-state index in [2.05, 4.69) is 20.6 Å². The Balaban J connectivity index is 1.46. The van der Waals surface area contributed by atoms with Crippen molar-refractivity contribution in [1.29, 1.82) is 0 Å². The molecule has 4 rings (SSSR count). The van der Waals surface area contributed by atoms with Crippen molar-refractivity contribution >= 4 is 44.2 Å². The van der Waals surface area contributed by atoms with Crippen LogP contribution in [0.3, 0.4) is 0 Å². The normalized spacial score (nSPS) is 14.8. The Morgan fingerprint density at radius 2 is 1.93 bits per heavy atom. The summed E-state index contributed by atoms with van der Waals surface area (Å²) in [7, 11) is 0. The minimum atomic E-state index is -0.219. The fraction of sp³-hybridized carbons (Fsp3) is 0.300. The van der Waals surface area contributed by atoms with Gasteiger partial charge in [-0.15, -0.1) is 0 Å². The molecule has 2 aromatic heterocycles. The smallest absolute Gasteiger partial charge is 0.257 e. The molecule has 1 fully saturated rings. The zero-order valence-corrected chi connectivity index (χ0v) is 15.6. The Labute approximate surface area is 161 Å². The van der Waals surface area contributed by atoms with Crippen LogP contribution in [0.5, 0.6) is 0 Å². The number of thiazole rings is 1. The van der Waals surface area contributed by atoms with Crippen molar-refractivity contribution in [3.63, 3.8) is 0 Å². The highest BCUT2D eigenvalue weighted by molar-refractivity contribution is 7.22. The van der Waals surface area contributed by atoms with Gasteiger partial charge in [-0.25, -0.2) is 4.98 Å². The second-order valence-corrected chi connectivity index (χ2v) is 7.75. The van der Waals surface area contributed by atoms with Gasteiger partial charge in [-0.1, -0.05) is 30.6 Å². The Bertz CT molecular complexity index is 965. The number of carbonyl (C=O) groups is 2. The Kier molecular flexibility index (Phi) is 5.11. The Hall–Kier alpha value is -2.80. The minimum Gasteiger partial charge on any atom is -0.322 e. The maximum atomic E-state index is 12.4. The lowest BCUT2D eigenvalue weighted by Crippen LogP contribution is -2.24. The summed E-state index contributed by atoms with van der Waals surface area (Å²) in [6.07, 6.45) is 8.54. The second-order valence-electron chi connectivity index (χ2n) is 6.72. The highest BCUT2D eigenvalue weighted by atomic mass is 32.1. The Morgan fingerprint density at radius 3 is 2.70 bits per heavy atom. The fourth-order valence-electron chi connectivity index (χ4n) is 3.33. The van der Waals surface area contributed by atoms with Gasteiger partial charge in [0.05, 0.1) is 15.8 Å². The van der Waals surface area contributed by atoms with Crippen molar-refractivity contribution in [2.75, 3.05) is 10.6 Å². The number of fused-ring (bicyclic) bond motifs is 1. The number of carbonyl (C=O) groups excluding carboxylic acids is 2. The topological polar surface area (TPSA) is 84.0 Å². The summed E-state index contributed by atoms with van der Waals surface area (Å²) in [5.41, 5.74) is 1.91. The maximum Gasteiger partial charge on any atom is 0.257 e. The third kappa shape index (κ3) is 4.14. The predicted octanol–water partition coefficient (Wildman–Crippen LogP) is 4.46. The third-order valence-electron chi connectivity index (χ3n) is 4.78. The SMILES string of the molecule is O=C(Nc1ccc2sc(NC(=O)C3CCCCC3)nc2c1)c1cccnc1. The van der Waals surface area contributed by atoms with E-state index in [-0.39, 0.29) is 17.7 Å². The largest absolute Gasteiger partial charge is 0.322 e. The van der Waals surface area contributed by atoms with Gasteiger partial charge in [-0.05, 0) is 43.2 Å². The van der Waals surface area contributed by atoms with E-state index in [4.69, 9.17) is 0 Å². The number of amides is 2. The standard InChI is InChI=1S/C20H20N4O2S/c25-18(13-5-2-1-3-6-13)24-20-23-16-11-15(8-9-17(16)27-20)22-19(26)14-7-4-10-21-12-14/h4,7-13H,1-3,5-6H2,(H,22,26)(H,23,24,25). The summed E-state index contributed by atoms with van der Waals surface area (Å²) in [4.78, 5) is 33.1. The fourth-order valence-corrected chi connectivity index (χ4v) is 4.18. The van der Waals surface area contributed by atoms with Crippen molar-refractivity contribution in [2.45, 2.75) is 32.1 Å². The van der Waals surface area contributed by atoms with Crippen molar-refractivity contribution in [3.8, 4) is 0 Å². The number of nitrogens with zero attached hydrogens (tertiary/aromatic N) is 2. The number of anilines is 2. The average Bonchev–Trinajstić information content (AvgIpc) is 3.10. The summed E-state index contributed by atoms with van der Waals surface area (Å²) < 4.78 is 0.966. The molecule has 1 aliphatic rings. The molecule has 0 unspecified atom stereocenters. The van der Waals surface area contributed by atoms with Crippen LogP contribution in [-0.2, 0) is 4.79 Å². The molecule has 7 heteroatoms. The van der Waals surface area contributed by atoms with Gasteiger partial charge in [0.15, 0.2) is 5.13 Å². The van der Waals surface area contributed by atoms with Crippen LogP contribution in [0.25, 0.3) is 10.2 Å². The van der Waals surface area contributed by atoms with Gasteiger partial charge in [0, 0.05) is 24.0 Å². The molecule has 0 bridgehead atoms. The molecule has 3 aromatic rings. The summed E-state index contributed by atoms with van der Waals surface area (Å²) in [5, 5.41) is 6.42. The molecule has 6 nitrogen and oxygen atoms in total. The van der Waals surface area contributed by atoms with Gasteiger partial charge in [-0.2, -0.15) is 0 Å². The van der Waals surface area contributed by atoms with Crippen molar-refractivity contribution in [3.05, 3.63) is 48.3 Å². The number of aromatic nitrogens is 2. The van der Waals surface area contributed by atoms with Gasteiger partial charge < -0.3 is 10.6 Å². The van der Waals surface area contributed by atoms with Gasteiger partial charge in [-0.3, -0.25) is 14.6 Å². The van der Waals surface area contributed by atoms with E-state index in [9.17, 15) is 9.59 Å². The molecule has 138 valence electrons. The first-order valence-corrected chi connectivity index (χ1v) is 9.93. The highest BCUT2D eigenvalue weighted by Gasteiger charge is 2.22. The number of nitrogens with one attached hydrogen (secondary N) is 2. The van der Waals surface area contributed by atoms with Gasteiger partial charge in [0.25, 0.3) is 5.91 Å². The number of hydrogen-bond donors (Lipinski definition) is 2. The quantitative estimate of drug-likeness (QED) is 0.700. The molecule has 1 aliphatic carbocycles. The lowest BCUT2D eigenvalue weighted by molar-refractivity contribution is -0.120. The molecule has 0 aliphatic heterocycles. The summed E-state index contributed by atoms with van der Waals surface area (Å²) in [6.45, 7) is 0. The molecular formula is C20H20N4O2S. The van der Waals surface area contributed by atoms with E-state index in [0.29, 0.717) is 16.4 Å². The summed E-state index contributed by atoms with van der Waals surface area (Å²) in [6, 6.07) is 8.99. The zero-order chi connectivity index (χ0) is 18.6. The monoisotopic (exact) mass is 380 g/mol. The van der Waals surface area contributed by atoms with Gasteiger partial charge in [0.2, 0.25) is 5.91 Å².